The summed E-state index contributed by atoms with van der Waals surface area (Å²) in [5.74, 6) is -1.08. The lowest BCUT2D eigenvalue weighted by atomic mass is 10.2. The number of hydrogen-bond donors (Lipinski definition) is 2. The van der Waals surface area contributed by atoms with E-state index in [0.717, 1.165) is 17.9 Å². The molecule has 1 aliphatic heterocycles. The van der Waals surface area contributed by atoms with Crippen molar-refractivity contribution in [2.75, 3.05) is 6.54 Å². The first-order valence-electron chi connectivity index (χ1n) is 7.06. The standard InChI is InChI=1S/C14H22N2O5/c1-10(2)14(20)15-9-5-3-4-6-13(19)21-16-11(17)7-8-12(16)18/h11,17H,1,3-9H2,2H3,(H,15,20). The molecule has 0 aromatic carbocycles. The molecule has 1 saturated heterocycles. The third-order valence-electron chi connectivity index (χ3n) is 3.06. The maximum absolute atomic E-state index is 11.5. The quantitative estimate of drug-likeness (QED) is 0.506. The monoisotopic (exact) mass is 298 g/mol. The van der Waals surface area contributed by atoms with E-state index in [1.807, 2.05) is 0 Å². The Morgan fingerprint density at radius 1 is 1.43 bits per heavy atom. The molecule has 0 radical (unpaired) electrons. The first-order chi connectivity index (χ1) is 9.91. The van der Waals surface area contributed by atoms with Crippen molar-refractivity contribution in [1.82, 2.24) is 10.4 Å². The number of aliphatic hydroxyl groups excluding tert-OH is 1. The summed E-state index contributed by atoms with van der Waals surface area (Å²) in [4.78, 5) is 38.8. The number of aliphatic hydroxyl groups is 1. The zero-order chi connectivity index (χ0) is 15.8. The highest BCUT2D eigenvalue weighted by molar-refractivity contribution is 5.92. The van der Waals surface area contributed by atoms with Crippen LogP contribution >= 0.6 is 0 Å². The van der Waals surface area contributed by atoms with Crippen LogP contribution in [0.15, 0.2) is 12.2 Å². The third kappa shape index (κ3) is 5.95. The molecule has 2 N–H and O–H groups in total. The van der Waals surface area contributed by atoms with Crippen molar-refractivity contribution < 1.29 is 24.3 Å². The lowest BCUT2D eigenvalue weighted by Crippen LogP contribution is -2.35. The largest absolute Gasteiger partial charge is 0.370 e. The van der Waals surface area contributed by atoms with Gasteiger partial charge in [-0.3, -0.25) is 9.59 Å². The van der Waals surface area contributed by atoms with Crippen LogP contribution in [-0.2, 0) is 19.2 Å². The van der Waals surface area contributed by atoms with Gasteiger partial charge >= 0.3 is 5.97 Å². The van der Waals surface area contributed by atoms with E-state index < -0.39 is 12.2 Å². The Labute approximate surface area is 123 Å². The van der Waals surface area contributed by atoms with Gasteiger partial charge in [0.1, 0.15) is 0 Å². The van der Waals surface area contributed by atoms with Crippen molar-refractivity contribution in [3.05, 3.63) is 12.2 Å². The van der Waals surface area contributed by atoms with E-state index in [1.165, 1.54) is 0 Å². The lowest BCUT2D eigenvalue weighted by Gasteiger charge is -2.18. The van der Waals surface area contributed by atoms with Gasteiger partial charge in [-0.25, -0.2) is 4.79 Å². The number of amides is 2. The maximum atomic E-state index is 11.5. The van der Waals surface area contributed by atoms with Crippen molar-refractivity contribution in [2.45, 2.75) is 51.7 Å². The number of carbonyl (C=O) groups is 3. The molecule has 21 heavy (non-hydrogen) atoms. The van der Waals surface area contributed by atoms with Gasteiger partial charge in [0, 0.05) is 31.4 Å². The predicted octanol–water partition coefficient (Wildman–Crippen LogP) is 0.638. The second-order valence-electron chi connectivity index (χ2n) is 5.05. The van der Waals surface area contributed by atoms with Gasteiger partial charge in [0.05, 0.1) is 0 Å². The number of hydrogen-bond acceptors (Lipinski definition) is 5. The minimum absolute atomic E-state index is 0.170. The topological polar surface area (TPSA) is 95.9 Å². The van der Waals surface area contributed by atoms with Crippen LogP contribution in [0.3, 0.4) is 0 Å². The summed E-state index contributed by atoms with van der Waals surface area (Å²) >= 11 is 0. The molecule has 0 saturated carbocycles. The molecule has 0 aromatic heterocycles. The van der Waals surface area contributed by atoms with Crippen molar-refractivity contribution in [2.24, 2.45) is 0 Å². The van der Waals surface area contributed by atoms with Gasteiger partial charge in [0.2, 0.25) is 5.91 Å². The van der Waals surface area contributed by atoms with E-state index in [0.29, 0.717) is 18.5 Å². The number of nitrogens with one attached hydrogen (secondary N) is 1. The molecule has 1 aliphatic rings. The molecule has 7 heteroatoms. The molecule has 1 heterocycles. The van der Waals surface area contributed by atoms with Gasteiger partial charge in [-0.1, -0.05) is 13.0 Å². The van der Waals surface area contributed by atoms with Crippen molar-refractivity contribution in [3.8, 4) is 0 Å². The number of nitrogens with zero attached hydrogens (tertiary/aromatic N) is 1. The van der Waals surface area contributed by atoms with E-state index in [1.54, 1.807) is 6.92 Å². The van der Waals surface area contributed by atoms with E-state index in [2.05, 4.69) is 11.9 Å². The van der Waals surface area contributed by atoms with Crippen LogP contribution in [0.1, 0.15) is 45.4 Å². The number of rotatable bonds is 8. The minimum Gasteiger partial charge on any atom is -0.370 e. The van der Waals surface area contributed by atoms with Gasteiger partial charge in [0.25, 0.3) is 5.91 Å². The zero-order valence-corrected chi connectivity index (χ0v) is 12.3. The normalized spacial score (nSPS) is 17.7. The molecule has 0 aromatic rings. The Kier molecular flexibility index (Phi) is 6.87. The van der Waals surface area contributed by atoms with Crippen molar-refractivity contribution in [3.63, 3.8) is 0 Å². The van der Waals surface area contributed by atoms with Gasteiger partial charge < -0.3 is 15.3 Å². The zero-order valence-electron chi connectivity index (χ0n) is 12.3. The highest BCUT2D eigenvalue weighted by atomic mass is 16.7. The third-order valence-corrected chi connectivity index (χ3v) is 3.06. The Hall–Kier alpha value is -1.89. The van der Waals surface area contributed by atoms with E-state index in [4.69, 9.17) is 4.84 Å². The first-order valence-corrected chi connectivity index (χ1v) is 7.06. The SMILES string of the molecule is C=C(C)C(=O)NCCCCCC(=O)ON1C(=O)CCC1O. The summed E-state index contributed by atoms with van der Waals surface area (Å²) in [7, 11) is 0. The molecule has 1 fully saturated rings. The molecule has 2 amide bonds. The van der Waals surface area contributed by atoms with Crippen LogP contribution in [0, 0.1) is 0 Å². The average molecular weight is 298 g/mol. The molecule has 1 unspecified atom stereocenters. The minimum atomic E-state index is -1.03. The molecule has 0 bridgehead atoms. The van der Waals surface area contributed by atoms with Gasteiger partial charge in [-0.2, -0.15) is 0 Å². The summed E-state index contributed by atoms with van der Waals surface area (Å²) in [6.45, 7) is 5.70. The first kappa shape index (κ1) is 17.2. The van der Waals surface area contributed by atoms with Crippen LogP contribution in [0.4, 0.5) is 0 Å². The number of carbonyl (C=O) groups excluding carboxylic acids is 3. The molecule has 0 spiro atoms. The molecule has 118 valence electrons. The molecular weight excluding hydrogens is 276 g/mol. The molecule has 1 atom stereocenters. The fourth-order valence-electron chi connectivity index (χ4n) is 1.84. The molecular formula is C14H22N2O5. The molecule has 0 aliphatic carbocycles. The molecule has 7 nitrogen and oxygen atoms in total. The van der Waals surface area contributed by atoms with Crippen LogP contribution < -0.4 is 5.32 Å². The van der Waals surface area contributed by atoms with Crippen LogP contribution in [0.5, 0.6) is 0 Å². The maximum Gasteiger partial charge on any atom is 0.332 e. The van der Waals surface area contributed by atoms with Crippen LogP contribution in [-0.4, -0.2) is 40.7 Å². The van der Waals surface area contributed by atoms with Crippen LogP contribution in [0.2, 0.25) is 0 Å². The lowest BCUT2D eigenvalue weighted by molar-refractivity contribution is -0.220. The summed E-state index contributed by atoms with van der Waals surface area (Å²) in [5, 5.41) is 12.9. The Morgan fingerprint density at radius 3 is 2.71 bits per heavy atom. The highest BCUT2D eigenvalue weighted by Crippen LogP contribution is 2.17. The second kappa shape index (κ2) is 8.41. The number of unbranched alkanes of at least 4 members (excludes halogenated alkanes) is 2. The number of hydroxylamine groups is 2. The van der Waals surface area contributed by atoms with Gasteiger partial charge in [-0.05, 0) is 19.8 Å². The van der Waals surface area contributed by atoms with Crippen molar-refractivity contribution in [1.29, 1.82) is 0 Å². The summed E-state index contributed by atoms with van der Waals surface area (Å²) < 4.78 is 0. The molecule has 1 rings (SSSR count). The van der Waals surface area contributed by atoms with Gasteiger partial charge in [-0.15, -0.1) is 5.06 Å². The van der Waals surface area contributed by atoms with E-state index in [9.17, 15) is 19.5 Å². The van der Waals surface area contributed by atoms with E-state index in [-0.39, 0.29) is 31.1 Å². The second-order valence-corrected chi connectivity index (χ2v) is 5.05. The Balaban J connectivity index is 2.07. The fraction of sp³-hybridized carbons (Fsp3) is 0.643. The van der Waals surface area contributed by atoms with E-state index >= 15 is 0 Å². The summed E-state index contributed by atoms with van der Waals surface area (Å²) in [6, 6.07) is 0. The highest BCUT2D eigenvalue weighted by Gasteiger charge is 2.32. The Bertz CT molecular complexity index is 422. The van der Waals surface area contributed by atoms with Gasteiger partial charge in [0.15, 0.2) is 6.23 Å². The van der Waals surface area contributed by atoms with Crippen molar-refractivity contribution >= 4 is 17.8 Å². The predicted molar refractivity (Wildman–Crippen MR) is 74.5 cm³/mol. The Morgan fingerprint density at radius 2 is 2.14 bits per heavy atom. The average Bonchev–Trinajstić information content (AvgIpc) is 2.74. The van der Waals surface area contributed by atoms with Crippen LogP contribution in [0.25, 0.3) is 0 Å². The smallest absolute Gasteiger partial charge is 0.332 e. The summed E-state index contributed by atoms with van der Waals surface area (Å²) in [5.41, 5.74) is 0.465. The fourth-order valence-corrected chi connectivity index (χ4v) is 1.84. The summed E-state index contributed by atoms with van der Waals surface area (Å²) in [6.07, 6.45) is 1.72.